The zero-order valence-electron chi connectivity index (χ0n) is 10.9. The minimum absolute atomic E-state index is 0.647. The fraction of sp³-hybridized carbons (Fsp3) is 1.00. The number of nitrogens with zero attached hydrogens (tertiary/aromatic N) is 1. The van der Waals surface area contributed by atoms with E-state index in [9.17, 15) is 0 Å². The topological polar surface area (TPSA) is 15.3 Å². The van der Waals surface area contributed by atoms with Crippen LogP contribution in [0.15, 0.2) is 0 Å². The van der Waals surface area contributed by atoms with Gasteiger partial charge in [0, 0.05) is 18.6 Å². The van der Waals surface area contributed by atoms with E-state index in [1.807, 2.05) is 0 Å². The Bertz CT molecular complexity index is 168. The molecule has 0 aromatic rings. The van der Waals surface area contributed by atoms with Crippen LogP contribution < -0.4 is 5.32 Å². The Kier molecular flexibility index (Phi) is 5.62. The van der Waals surface area contributed by atoms with E-state index in [0.717, 1.165) is 18.5 Å². The van der Waals surface area contributed by atoms with Gasteiger partial charge in [-0.3, -0.25) is 4.90 Å². The van der Waals surface area contributed by atoms with Crippen LogP contribution in [0.5, 0.6) is 0 Å². The van der Waals surface area contributed by atoms with Gasteiger partial charge in [0.05, 0.1) is 0 Å². The lowest BCUT2D eigenvalue weighted by Crippen LogP contribution is -2.51. The van der Waals surface area contributed by atoms with Crippen LogP contribution in [0.1, 0.15) is 47.0 Å². The number of likely N-dealkylation sites (N-methyl/N-ethyl adjacent to an activating group) is 1. The van der Waals surface area contributed by atoms with E-state index in [4.69, 9.17) is 0 Å². The van der Waals surface area contributed by atoms with E-state index < -0.39 is 0 Å². The van der Waals surface area contributed by atoms with E-state index in [2.05, 4.69) is 37.9 Å². The Labute approximate surface area is 95.4 Å². The molecule has 90 valence electrons. The summed E-state index contributed by atoms with van der Waals surface area (Å²) in [6.07, 6.45) is 4.18. The van der Waals surface area contributed by atoms with E-state index in [-0.39, 0.29) is 0 Å². The second kappa shape index (κ2) is 6.49. The molecule has 0 spiro atoms. The maximum atomic E-state index is 3.58. The van der Waals surface area contributed by atoms with Gasteiger partial charge in [-0.15, -0.1) is 0 Å². The third kappa shape index (κ3) is 4.12. The zero-order chi connectivity index (χ0) is 11.3. The molecule has 0 aliphatic carbocycles. The van der Waals surface area contributed by atoms with Crippen LogP contribution in [-0.4, -0.2) is 36.6 Å². The fourth-order valence-corrected chi connectivity index (χ4v) is 2.74. The van der Waals surface area contributed by atoms with Crippen molar-refractivity contribution < 1.29 is 0 Å². The molecule has 1 fully saturated rings. The smallest absolute Gasteiger partial charge is 0.0246 e. The lowest BCUT2D eigenvalue weighted by atomic mass is 9.95. The van der Waals surface area contributed by atoms with E-state index >= 15 is 0 Å². The molecule has 1 heterocycles. The minimum Gasteiger partial charge on any atom is -0.313 e. The molecule has 1 aliphatic rings. The molecule has 0 amide bonds. The number of hydrogen-bond acceptors (Lipinski definition) is 2. The summed E-state index contributed by atoms with van der Waals surface area (Å²) < 4.78 is 0. The first-order valence-corrected chi connectivity index (χ1v) is 6.62. The minimum atomic E-state index is 0.647. The first-order chi connectivity index (χ1) is 7.15. The van der Waals surface area contributed by atoms with Crippen molar-refractivity contribution in [1.29, 1.82) is 0 Å². The Balaban J connectivity index is 2.48. The molecule has 2 nitrogen and oxygen atoms in total. The lowest BCUT2D eigenvalue weighted by molar-refractivity contribution is 0.106. The monoisotopic (exact) mass is 212 g/mol. The molecule has 0 bridgehead atoms. The SMILES string of the molecule is CCNC(C)C1CCCCN1CC(C)C. The lowest BCUT2D eigenvalue weighted by Gasteiger charge is -2.40. The van der Waals surface area contributed by atoms with Gasteiger partial charge in [-0.25, -0.2) is 0 Å². The second-order valence-corrected chi connectivity index (χ2v) is 5.30. The normalized spacial score (nSPS) is 25.8. The maximum Gasteiger partial charge on any atom is 0.0246 e. The highest BCUT2D eigenvalue weighted by Crippen LogP contribution is 2.20. The molecule has 1 rings (SSSR count). The van der Waals surface area contributed by atoms with Crippen LogP contribution in [0.2, 0.25) is 0 Å². The van der Waals surface area contributed by atoms with Crippen LogP contribution >= 0.6 is 0 Å². The standard InChI is InChI=1S/C13H28N2/c1-5-14-12(4)13-8-6-7-9-15(13)10-11(2)3/h11-14H,5-10H2,1-4H3. The predicted octanol–water partition coefficient (Wildman–Crippen LogP) is 2.49. The average molecular weight is 212 g/mol. The van der Waals surface area contributed by atoms with E-state index in [1.165, 1.54) is 32.4 Å². The van der Waals surface area contributed by atoms with Crippen molar-refractivity contribution in [3.8, 4) is 0 Å². The van der Waals surface area contributed by atoms with Gasteiger partial charge in [0.15, 0.2) is 0 Å². The van der Waals surface area contributed by atoms with Crippen LogP contribution in [0, 0.1) is 5.92 Å². The first kappa shape index (κ1) is 13.0. The number of piperidine rings is 1. The molecule has 15 heavy (non-hydrogen) atoms. The Morgan fingerprint density at radius 1 is 1.27 bits per heavy atom. The number of nitrogens with one attached hydrogen (secondary N) is 1. The van der Waals surface area contributed by atoms with Gasteiger partial charge in [0.1, 0.15) is 0 Å². The summed E-state index contributed by atoms with van der Waals surface area (Å²) in [5.41, 5.74) is 0. The van der Waals surface area contributed by atoms with E-state index in [0.29, 0.717) is 6.04 Å². The van der Waals surface area contributed by atoms with Gasteiger partial charge in [-0.1, -0.05) is 27.2 Å². The fourth-order valence-electron chi connectivity index (χ4n) is 2.74. The molecule has 2 atom stereocenters. The van der Waals surface area contributed by atoms with Crippen LogP contribution in [0.3, 0.4) is 0 Å². The van der Waals surface area contributed by atoms with Crippen molar-refractivity contribution in [3.05, 3.63) is 0 Å². The summed E-state index contributed by atoms with van der Waals surface area (Å²) in [5.74, 6) is 0.791. The molecule has 1 N–H and O–H groups in total. The number of likely N-dealkylation sites (tertiary alicyclic amines) is 1. The molecule has 1 saturated heterocycles. The highest BCUT2D eigenvalue weighted by molar-refractivity contribution is 4.85. The highest BCUT2D eigenvalue weighted by atomic mass is 15.2. The summed E-state index contributed by atoms with van der Waals surface area (Å²) >= 11 is 0. The summed E-state index contributed by atoms with van der Waals surface area (Å²) in [7, 11) is 0. The third-order valence-corrected chi connectivity index (χ3v) is 3.37. The van der Waals surface area contributed by atoms with Gasteiger partial charge in [0.25, 0.3) is 0 Å². The van der Waals surface area contributed by atoms with Crippen molar-refractivity contribution in [3.63, 3.8) is 0 Å². The Hall–Kier alpha value is -0.0800. The molecule has 0 radical (unpaired) electrons. The molecule has 2 heteroatoms. The molecule has 2 unspecified atom stereocenters. The Morgan fingerprint density at radius 2 is 2.00 bits per heavy atom. The quantitative estimate of drug-likeness (QED) is 0.753. The maximum absolute atomic E-state index is 3.58. The highest BCUT2D eigenvalue weighted by Gasteiger charge is 2.26. The van der Waals surface area contributed by atoms with Crippen molar-refractivity contribution >= 4 is 0 Å². The van der Waals surface area contributed by atoms with Gasteiger partial charge in [-0.05, 0) is 38.8 Å². The van der Waals surface area contributed by atoms with Crippen LogP contribution in [-0.2, 0) is 0 Å². The second-order valence-electron chi connectivity index (χ2n) is 5.30. The molecule has 0 aromatic carbocycles. The third-order valence-electron chi connectivity index (χ3n) is 3.37. The van der Waals surface area contributed by atoms with Gasteiger partial charge in [0.2, 0.25) is 0 Å². The predicted molar refractivity (Wildman–Crippen MR) is 67.2 cm³/mol. The number of hydrogen-bond donors (Lipinski definition) is 1. The van der Waals surface area contributed by atoms with E-state index in [1.54, 1.807) is 0 Å². The van der Waals surface area contributed by atoms with Gasteiger partial charge in [-0.2, -0.15) is 0 Å². The molecular weight excluding hydrogens is 184 g/mol. The van der Waals surface area contributed by atoms with Crippen molar-refractivity contribution in [2.24, 2.45) is 5.92 Å². The summed E-state index contributed by atoms with van der Waals surface area (Å²) in [6.45, 7) is 12.8. The molecule has 0 aromatic heterocycles. The Morgan fingerprint density at radius 3 is 2.60 bits per heavy atom. The average Bonchev–Trinajstić information content (AvgIpc) is 2.18. The van der Waals surface area contributed by atoms with Crippen LogP contribution in [0.4, 0.5) is 0 Å². The van der Waals surface area contributed by atoms with Gasteiger partial charge < -0.3 is 5.32 Å². The summed E-state index contributed by atoms with van der Waals surface area (Å²) in [5, 5.41) is 3.58. The zero-order valence-corrected chi connectivity index (χ0v) is 10.9. The summed E-state index contributed by atoms with van der Waals surface area (Å²) in [4.78, 5) is 2.70. The van der Waals surface area contributed by atoms with Crippen molar-refractivity contribution in [1.82, 2.24) is 10.2 Å². The van der Waals surface area contributed by atoms with Crippen LogP contribution in [0.25, 0.3) is 0 Å². The van der Waals surface area contributed by atoms with Crippen molar-refractivity contribution in [2.75, 3.05) is 19.6 Å². The molecule has 1 aliphatic heterocycles. The van der Waals surface area contributed by atoms with Gasteiger partial charge >= 0.3 is 0 Å². The number of rotatable bonds is 5. The molecule has 0 saturated carbocycles. The van der Waals surface area contributed by atoms with Crippen molar-refractivity contribution in [2.45, 2.75) is 59.0 Å². The largest absolute Gasteiger partial charge is 0.313 e. The molecular formula is C13H28N2. The first-order valence-electron chi connectivity index (χ1n) is 6.62. The summed E-state index contributed by atoms with van der Waals surface area (Å²) in [6, 6.07) is 1.41.